The average molecular weight is 395 g/mol. The molecule has 0 saturated carbocycles. The van der Waals surface area contributed by atoms with Gasteiger partial charge in [-0.15, -0.1) is 0 Å². The Labute approximate surface area is 162 Å². The molecule has 28 heavy (non-hydrogen) atoms. The van der Waals surface area contributed by atoms with E-state index in [4.69, 9.17) is 9.47 Å². The van der Waals surface area contributed by atoms with Crippen molar-refractivity contribution in [3.8, 4) is 5.75 Å². The van der Waals surface area contributed by atoms with Crippen molar-refractivity contribution in [1.29, 1.82) is 0 Å². The summed E-state index contributed by atoms with van der Waals surface area (Å²) in [4.78, 5) is 12.5. The summed E-state index contributed by atoms with van der Waals surface area (Å²) in [5.41, 5.74) is 0.293. The Morgan fingerprint density at radius 3 is 2.57 bits per heavy atom. The summed E-state index contributed by atoms with van der Waals surface area (Å²) >= 11 is 0. The Balaban J connectivity index is 2.16. The lowest BCUT2D eigenvalue weighted by molar-refractivity contribution is -0.137. The Kier molecular flexibility index (Phi) is 7.87. The molecule has 0 atom stereocenters. The van der Waals surface area contributed by atoms with Crippen LogP contribution >= 0.6 is 0 Å². The van der Waals surface area contributed by atoms with Crippen molar-refractivity contribution in [2.75, 3.05) is 18.5 Å². The molecule has 1 N–H and O–H groups in total. The smallest absolute Gasteiger partial charge is 0.416 e. The third-order valence-electron chi connectivity index (χ3n) is 3.97. The van der Waals surface area contributed by atoms with E-state index >= 15 is 0 Å². The van der Waals surface area contributed by atoms with E-state index in [1.807, 2.05) is 6.92 Å². The maximum Gasteiger partial charge on any atom is 0.416 e. The van der Waals surface area contributed by atoms with E-state index in [2.05, 4.69) is 12.2 Å². The van der Waals surface area contributed by atoms with Crippen LogP contribution in [0.4, 0.5) is 18.9 Å². The number of carbonyl (C=O) groups is 1. The van der Waals surface area contributed by atoms with E-state index < -0.39 is 17.6 Å². The second-order valence-corrected chi connectivity index (χ2v) is 6.19. The van der Waals surface area contributed by atoms with Gasteiger partial charge in [-0.05, 0) is 49.7 Å². The number of halogens is 3. The van der Waals surface area contributed by atoms with E-state index in [0.717, 1.165) is 30.5 Å². The van der Waals surface area contributed by atoms with Crippen LogP contribution in [0.3, 0.4) is 0 Å². The molecule has 1 amide bonds. The quantitative estimate of drug-likeness (QED) is 0.556. The number of hydrogen-bond donors (Lipinski definition) is 1. The van der Waals surface area contributed by atoms with Gasteiger partial charge in [-0.25, -0.2) is 0 Å². The van der Waals surface area contributed by atoms with Crippen molar-refractivity contribution in [2.24, 2.45) is 0 Å². The number of nitrogens with one attached hydrogen (secondary N) is 1. The van der Waals surface area contributed by atoms with E-state index in [-0.39, 0.29) is 5.69 Å². The maximum absolute atomic E-state index is 12.8. The van der Waals surface area contributed by atoms with Gasteiger partial charge >= 0.3 is 6.18 Å². The molecule has 152 valence electrons. The van der Waals surface area contributed by atoms with Crippen LogP contribution in [0.5, 0.6) is 5.75 Å². The minimum atomic E-state index is -4.47. The number of alkyl halides is 3. The van der Waals surface area contributed by atoms with E-state index in [9.17, 15) is 18.0 Å². The fraction of sp³-hybridized carbons (Fsp3) is 0.381. The lowest BCUT2D eigenvalue weighted by Gasteiger charge is -2.13. The Hall–Kier alpha value is -2.54. The molecule has 0 heterocycles. The van der Waals surface area contributed by atoms with Gasteiger partial charge in [-0.1, -0.05) is 19.4 Å². The predicted molar refractivity (Wildman–Crippen MR) is 102 cm³/mol. The summed E-state index contributed by atoms with van der Waals surface area (Å²) in [7, 11) is 0. The number of unbranched alkanes of at least 4 members (excludes halogenated alkanes) is 1. The molecule has 2 aromatic rings. The molecule has 0 aliphatic carbocycles. The highest BCUT2D eigenvalue weighted by molar-refractivity contribution is 6.04. The van der Waals surface area contributed by atoms with Crippen LogP contribution in [0.25, 0.3) is 0 Å². The second kappa shape index (κ2) is 10.1. The summed E-state index contributed by atoms with van der Waals surface area (Å²) in [6.45, 7) is 5.28. The Morgan fingerprint density at radius 2 is 1.89 bits per heavy atom. The minimum absolute atomic E-state index is 0.0782. The van der Waals surface area contributed by atoms with Crippen LogP contribution in [0.2, 0.25) is 0 Å². The molecule has 2 rings (SSSR count). The van der Waals surface area contributed by atoms with Gasteiger partial charge in [0.15, 0.2) is 0 Å². The summed E-state index contributed by atoms with van der Waals surface area (Å²) in [6.07, 6.45) is -2.53. The molecule has 0 saturated heterocycles. The van der Waals surface area contributed by atoms with Crippen LogP contribution < -0.4 is 10.1 Å². The zero-order valence-corrected chi connectivity index (χ0v) is 15.9. The molecule has 0 fully saturated rings. The molecule has 0 bridgehead atoms. The number of ether oxygens (including phenoxy) is 2. The van der Waals surface area contributed by atoms with Gasteiger partial charge in [0.05, 0.1) is 18.8 Å². The van der Waals surface area contributed by atoms with Gasteiger partial charge in [0.2, 0.25) is 0 Å². The zero-order chi connectivity index (χ0) is 20.6. The van der Waals surface area contributed by atoms with Gasteiger partial charge < -0.3 is 14.8 Å². The third kappa shape index (κ3) is 6.27. The van der Waals surface area contributed by atoms with Crippen molar-refractivity contribution < 1.29 is 27.4 Å². The number of amides is 1. The van der Waals surface area contributed by atoms with Crippen LogP contribution in [-0.2, 0) is 17.5 Å². The van der Waals surface area contributed by atoms with Crippen LogP contribution in [0.15, 0.2) is 42.5 Å². The highest BCUT2D eigenvalue weighted by atomic mass is 19.4. The summed E-state index contributed by atoms with van der Waals surface area (Å²) in [5.74, 6) is 0.117. The lowest BCUT2D eigenvalue weighted by atomic mass is 10.1. The van der Waals surface area contributed by atoms with Gasteiger partial charge in [0.25, 0.3) is 5.91 Å². The molecule has 0 spiro atoms. The molecular formula is C21H24F3NO3. The normalized spacial score (nSPS) is 11.3. The number of hydrogen-bond acceptors (Lipinski definition) is 3. The fourth-order valence-corrected chi connectivity index (χ4v) is 2.53. The zero-order valence-electron chi connectivity index (χ0n) is 15.9. The van der Waals surface area contributed by atoms with Gasteiger partial charge in [-0.3, -0.25) is 4.79 Å². The summed E-state index contributed by atoms with van der Waals surface area (Å²) < 4.78 is 49.7. The minimum Gasteiger partial charge on any atom is -0.494 e. The van der Waals surface area contributed by atoms with Crippen LogP contribution in [0, 0.1) is 0 Å². The maximum atomic E-state index is 12.8. The van der Waals surface area contributed by atoms with E-state index in [0.29, 0.717) is 31.1 Å². The first-order chi connectivity index (χ1) is 13.3. The first kappa shape index (κ1) is 21.8. The molecule has 0 unspecified atom stereocenters. The molecular weight excluding hydrogens is 371 g/mol. The molecule has 4 nitrogen and oxygen atoms in total. The number of anilines is 1. The van der Waals surface area contributed by atoms with E-state index in [1.165, 1.54) is 12.1 Å². The number of carbonyl (C=O) groups excluding carboxylic acids is 1. The molecule has 2 aromatic carbocycles. The molecule has 0 aromatic heterocycles. The Bertz CT molecular complexity index is 791. The average Bonchev–Trinajstić information content (AvgIpc) is 2.66. The standard InChI is InChI=1S/C21H24F3NO3/c1-3-5-11-27-14-16-12-15(9-10-19(16)28-4-2)20(26)25-18-8-6-7-17(13-18)21(22,23)24/h6-10,12-13H,3-5,11,14H2,1-2H3,(H,25,26). The fourth-order valence-electron chi connectivity index (χ4n) is 2.53. The first-order valence-corrected chi connectivity index (χ1v) is 9.17. The highest BCUT2D eigenvalue weighted by Gasteiger charge is 2.30. The van der Waals surface area contributed by atoms with Gasteiger partial charge in [0, 0.05) is 23.4 Å². The molecule has 0 aliphatic rings. The SMILES string of the molecule is CCCCOCc1cc(C(=O)Nc2cccc(C(F)(F)F)c2)ccc1OCC. The third-order valence-corrected chi connectivity index (χ3v) is 3.97. The predicted octanol–water partition coefficient (Wildman–Crippen LogP) is 5.67. The topological polar surface area (TPSA) is 47.6 Å². The van der Waals surface area contributed by atoms with Crippen molar-refractivity contribution in [3.63, 3.8) is 0 Å². The van der Waals surface area contributed by atoms with Crippen LogP contribution in [0.1, 0.15) is 48.2 Å². The molecule has 7 heteroatoms. The first-order valence-electron chi connectivity index (χ1n) is 9.17. The summed E-state index contributed by atoms with van der Waals surface area (Å²) in [5, 5.41) is 2.51. The summed E-state index contributed by atoms with van der Waals surface area (Å²) in [6, 6.07) is 9.41. The van der Waals surface area contributed by atoms with Crippen molar-refractivity contribution in [1.82, 2.24) is 0 Å². The molecule has 0 aliphatic heterocycles. The largest absolute Gasteiger partial charge is 0.494 e. The van der Waals surface area contributed by atoms with Crippen LogP contribution in [-0.4, -0.2) is 19.1 Å². The van der Waals surface area contributed by atoms with E-state index in [1.54, 1.807) is 18.2 Å². The van der Waals surface area contributed by atoms with Crippen molar-refractivity contribution in [3.05, 3.63) is 59.2 Å². The number of rotatable bonds is 9. The lowest BCUT2D eigenvalue weighted by Crippen LogP contribution is -2.14. The second-order valence-electron chi connectivity index (χ2n) is 6.19. The monoisotopic (exact) mass is 395 g/mol. The van der Waals surface area contributed by atoms with Gasteiger partial charge in [-0.2, -0.15) is 13.2 Å². The Morgan fingerprint density at radius 1 is 1.11 bits per heavy atom. The van der Waals surface area contributed by atoms with Crippen molar-refractivity contribution in [2.45, 2.75) is 39.5 Å². The highest BCUT2D eigenvalue weighted by Crippen LogP contribution is 2.31. The van der Waals surface area contributed by atoms with Crippen molar-refractivity contribution >= 4 is 11.6 Å². The van der Waals surface area contributed by atoms with Gasteiger partial charge in [0.1, 0.15) is 5.75 Å². The molecule has 0 radical (unpaired) electrons. The number of benzene rings is 2.